The van der Waals surface area contributed by atoms with Gasteiger partial charge in [0.05, 0.1) is 17.2 Å². The third-order valence-electron chi connectivity index (χ3n) is 2.98. The molecule has 104 valence electrons. The van der Waals surface area contributed by atoms with Crippen LogP contribution in [0.3, 0.4) is 0 Å². The van der Waals surface area contributed by atoms with Gasteiger partial charge in [0, 0.05) is 13.7 Å². The van der Waals surface area contributed by atoms with Gasteiger partial charge in [0.25, 0.3) is 5.91 Å². The molecule has 0 unspecified atom stereocenters. The van der Waals surface area contributed by atoms with Crippen LogP contribution in [0.4, 0.5) is 0 Å². The SMILES string of the molecule is COCc1ccccc1CNC(=O)c1ccccc1Cl. The van der Waals surface area contributed by atoms with Gasteiger partial charge in [-0.1, -0.05) is 48.0 Å². The van der Waals surface area contributed by atoms with Crippen molar-refractivity contribution in [3.63, 3.8) is 0 Å². The number of methoxy groups -OCH3 is 1. The Morgan fingerprint density at radius 1 is 1.10 bits per heavy atom. The van der Waals surface area contributed by atoms with Gasteiger partial charge in [-0.3, -0.25) is 4.79 Å². The van der Waals surface area contributed by atoms with E-state index in [2.05, 4.69) is 5.32 Å². The van der Waals surface area contributed by atoms with Crippen LogP contribution in [0.2, 0.25) is 5.02 Å². The van der Waals surface area contributed by atoms with E-state index in [-0.39, 0.29) is 5.91 Å². The molecule has 2 aromatic carbocycles. The number of ether oxygens (including phenoxy) is 1. The summed E-state index contributed by atoms with van der Waals surface area (Å²) in [6, 6.07) is 14.9. The highest BCUT2D eigenvalue weighted by Crippen LogP contribution is 2.15. The van der Waals surface area contributed by atoms with E-state index in [1.807, 2.05) is 24.3 Å². The summed E-state index contributed by atoms with van der Waals surface area (Å²) in [6.07, 6.45) is 0. The van der Waals surface area contributed by atoms with Gasteiger partial charge in [0.1, 0.15) is 0 Å². The zero-order valence-electron chi connectivity index (χ0n) is 11.2. The fourth-order valence-corrected chi connectivity index (χ4v) is 2.16. The molecule has 0 fully saturated rings. The fraction of sp³-hybridized carbons (Fsp3) is 0.188. The summed E-state index contributed by atoms with van der Waals surface area (Å²) in [5, 5.41) is 3.33. The first-order valence-electron chi connectivity index (χ1n) is 6.31. The second kappa shape index (κ2) is 7.08. The van der Waals surface area contributed by atoms with Gasteiger partial charge in [-0.25, -0.2) is 0 Å². The minimum absolute atomic E-state index is 0.178. The Bertz CT molecular complexity index is 599. The normalized spacial score (nSPS) is 10.3. The maximum Gasteiger partial charge on any atom is 0.253 e. The van der Waals surface area contributed by atoms with Crippen molar-refractivity contribution < 1.29 is 9.53 Å². The van der Waals surface area contributed by atoms with Gasteiger partial charge in [0.15, 0.2) is 0 Å². The largest absolute Gasteiger partial charge is 0.380 e. The zero-order chi connectivity index (χ0) is 14.4. The molecule has 2 aromatic rings. The van der Waals surface area contributed by atoms with Crippen molar-refractivity contribution in [1.29, 1.82) is 0 Å². The number of benzene rings is 2. The number of halogens is 1. The number of carbonyl (C=O) groups is 1. The number of hydrogen-bond donors (Lipinski definition) is 1. The summed E-state index contributed by atoms with van der Waals surface area (Å²) in [4.78, 5) is 12.1. The third kappa shape index (κ3) is 3.59. The van der Waals surface area contributed by atoms with Crippen molar-refractivity contribution >= 4 is 17.5 Å². The Balaban J connectivity index is 2.06. The number of amides is 1. The lowest BCUT2D eigenvalue weighted by atomic mass is 10.1. The number of nitrogens with one attached hydrogen (secondary N) is 1. The molecule has 2 rings (SSSR count). The first-order valence-corrected chi connectivity index (χ1v) is 6.68. The highest BCUT2D eigenvalue weighted by atomic mass is 35.5. The van der Waals surface area contributed by atoms with E-state index in [1.165, 1.54) is 0 Å². The lowest BCUT2D eigenvalue weighted by molar-refractivity contribution is 0.0950. The molecular weight excluding hydrogens is 274 g/mol. The van der Waals surface area contributed by atoms with E-state index in [0.29, 0.717) is 23.7 Å². The van der Waals surface area contributed by atoms with Crippen LogP contribution in [-0.2, 0) is 17.9 Å². The first kappa shape index (κ1) is 14.6. The zero-order valence-corrected chi connectivity index (χ0v) is 12.0. The molecule has 0 radical (unpaired) electrons. The molecule has 0 spiro atoms. The Labute approximate surface area is 123 Å². The first-order chi connectivity index (χ1) is 9.72. The molecule has 0 saturated carbocycles. The van der Waals surface area contributed by atoms with E-state index in [4.69, 9.17) is 16.3 Å². The molecule has 0 aliphatic heterocycles. The van der Waals surface area contributed by atoms with Crippen LogP contribution in [0, 0.1) is 0 Å². The predicted octanol–water partition coefficient (Wildman–Crippen LogP) is 3.42. The van der Waals surface area contributed by atoms with Crippen molar-refractivity contribution in [2.24, 2.45) is 0 Å². The van der Waals surface area contributed by atoms with Crippen LogP contribution >= 0.6 is 11.6 Å². The van der Waals surface area contributed by atoms with Gasteiger partial charge in [0.2, 0.25) is 0 Å². The van der Waals surface area contributed by atoms with E-state index < -0.39 is 0 Å². The predicted molar refractivity (Wildman–Crippen MR) is 79.8 cm³/mol. The van der Waals surface area contributed by atoms with Crippen molar-refractivity contribution in [3.8, 4) is 0 Å². The van der Waals surface area contributed by atoms with Gasteiger partial charge in [-0.2, -0.15) is 0 Å². The summed E-state index contributed by atoms with van der Waals surface area (Å²) in [5.41, 5.74) is 2.59. The average Bonchev–Trinajstić information content (AvgIpc) is 2.47. The molecule has 1 amide bonds. The molecule has 3 nitrogen and oxygen atoms in total. The maximum atomic E-state index is 12.1. The van der Waals surface area contributed by atoms with Crippen molar-refractivity contribution in [2.45, 2.75) is 13.2 Å². The monoisotopic (exact) mass is 289 g/mol. The quantitative estimate of drug-likeness (QED) is 0.916. The molecule has 0 atom stereocenters. The molecule has 0 saturated heterocycles. The van der Waals surface area contributed by atoms with E-state index >= 15 is 0 Å². The topological polar surface area (TPSA) is 38.3 Å². The summed E-state index contributed by atoms with van der Waals surface area (Å²) >= 11 is 6.00. The Hall–Kier alpha value is -1.84. The average molecular weight is 290 g/mol. The summed E-state index contributed by atoms with van der Waals surface area (Å²) in [5.74, 6) is -0.178. The fourth-order valence-electron chi connectivity index (χ4n) is 1.94. The third-order valence-corrected chi connectivity index (χ3v) is 3.31. The molecule has 0 bridgehead atoms. The van der Waals surface area contributed by atoms with Crippen LogP contribution in [0.25, 0.3) is 0 Å². The smallest absolute Gasteiger partial charge is 0.253 e. The Morgan fingerprint density at radius 2 is 1.75 bits per heavy atom. The minimum Gasteiger partial charge on any atom is -0.380 e. The van der Waals surface area contributed by atoms with E-state index in [9.17, 15) is 4.79 Å². The van der Waals surface area contributed by atoms with Gasteiger partial charge >= 0.3 is 0 Å². The second-order valence-electron chi connectivity index (χ2n) is 4.36. The highest BCUT2D eigenvalue weighted by Gasteiger charge is 2.09. The molecule has 1 N–H and O–H groups in total. The highest BCUT2D eigenvalue weighted by molar-refractivity contribution is 6.33. The van der Waals surface area contributed by atoms with Crippen molar-refractivity contribution in [2.75, 3.05) is 7.11 Å². The van der Waals surface area contributed by atoms with Crippen LogP contribution in [-0.4, -0.2) is 13.0 Å². The summed E-state index contributed by atoms with van der Waals surface area (Å²) < 4.78 is 5.15. The second-order valence-corrected chi connectivity index (χ2v) is 4.77. The Morgan fingerprint density at radius 3 is 2.45 bits per heavy atom. The van der Waals surface area contributed by atoms with E-state index in [1.54, 1.807) is 31.4 Å². The van der Waals surface area contributed by atoms with Crippen LogP contribution in [0.1, 0.15) is 21.5 Å². The molecular formula is C16H16ClNO2. The van der Waals surface area contributed by atoms with Crippen molar-refractivity contribution in [3.05, 3.63) is 70.2 Å². The standard InChI is InChI=1S/C16H16ClNO2/c1-20-11-13-7-3-2-6-12(13)10-18-16(19)14-8-4-5-9-15(14)17/h2-9H,10-11H2,1H3,(H,18,19). The lowest BCUT2D eigenvalue weighted by Gasteiger charge is -2.10. The number of carbonyl (C=O) groups excluding carboxylic acids is 1. The number of hydrogen-bond acceptors (Lipinski definition) is 2. The van der Waals surface area contributed by atoms with Gasteiger partial charge in [-0.05, 0) is 23.3 Å². The van der Waals surface area contributed by atoms with Crippen LogP contribution in [0.15, 0.2) is 48.5 Å². The van der Waals surface area contributed by atoms with Crippen molar-refractivity contribution in [1.82, 2.24) is 5.32 Å². The molecule has 0 heterocycles. The van der Waals surface area contributed by atoms with E-state index in [0.717, 1.165) is 11.1 Å². The molecule has 0 aliphatic carbocycles. The molecule has 4 heteroatoms. The lowest BCUT2D eigenvalue weighted by Crippen LogP contribution is -2.23. The van der Waals surface area contributed by atoms with Gasteiger partial charge in [-0.15, -0.1) is 0 Å². The summed E-state index contributed by atoms with van der Waals surface area (Å²) in [7, 11) is 1.65. The molecule has 20 heavy (non-hydrogen) atoms. The minimum atomic E-state index is -0.178. The maximum absolute atomic E-state index is 12.1. The van der Waals surface area contributed by atoms with Gasteiger partial charge < -0.3 is 10.1 Å². The van der Waals surface area contributed by atoms with Crippen LogP contribution < -0.4 is 5.32 Å². The van der Waals surface area contributed by atoms with Crippen LogP contribution in [0.5, 0.6) is 0 Å². The Kier molecular flexibility index (Phi) is 5.16. The molecule has 0 aromatic heterocycles. The summed E-state index contributed by atoms with van der Waals surface area (Å²) in [6.45, 7) is 0.974. The molecule has 0 aliphatic rings. The number of rotatable bonds is 5.